The summed E-state index contributed by atoms with van der Waals surface area (Å²) in [5, 5.41) is 7.34. The molecule has 0 saturated heterocycles. The minimum Gasteiger partial charge on any atom is -0.468 e. The largest absolute Gasteiger partial charge is 0.468 e. The zero-order valence-corrected chi connectivity index (χ0v) is 11.4. The van der Waals surface area contributed by atoms with Gasteiger partial charge in [0.05, 0.1) is 23.5 Å². The molecule has 20 heavy (non-hydrogen) atoms. The number of alkyl halides is 3. The summed E-state index contributed by atoms with van der Waals surface area (Å²) in [6.07, 6.45) is -4.96. The van der Waals surface area contributed by atoms with Crippen molar-refractivity contribution in [3.8, 4) is 6.07 Å². The second kappa shape index (κ2) is 6.19. The molecule has 5 nitrogen and oxygen atoms in total. The van der Waals surface area contributed by atoms with Crippen LogP contribution in [0.4, 0.5) is 13.2 Å². The first-order valence-corrected chi connectivity index (χ1v) is 6.21. The lowest BCUT2D eigenvalue weighted by atomic mass is 10.1. The predicted molar refractivity (Wildman–Crippen MR) is 64.5 cm³/mol. The number of halogens is 4. The van der Waals surface area contributed by atoms with Crippen LogP contribution in [0.15, 0.2) is 9.82 Å². The maximum absolute atomic E-state index is 12.8. The van der Waals surface area contributed by atoms with Gasteiger partial charge in [0.1, 0.15) is 16.7 Å². The van der Waals surface area contributed by atoms with Crippen molar-refractivity contribution >= 4 is 29.3 Å². The standard InChI is InChI=1S/C10H6ClF3N2O3S/c1-19-5(17)3-20-9-4(2-15)6(10(12,13)14)7(11)8(18)16-9/h3H2,1H3,(H,16,18). The molecule has 0 saturated carbocycles. The molecule has 0 amide bonds. The molecule has 0 aliphatic carbocycles. The van der Waals surface area contributed by atoms with Crippen molar-refractivity contribution in [2.45, 2.75) is 11.2 Å². The molecule has 1 rings (SSSR count). The van der Waals surface area contributed by atoms with E-state index < -0.39 is 33.9 Å². The number of methoxy groups -OCH3 is 1. The first kappa shape index (κ1) is 16.4. The number of thioether (sulfide) groups is 1. The average Bonchev–Trinajstić information content (AvgIpc) is 2.37. The summed E-state index contributed by atoms with van der Waals surface area (Å²) in [6.45, 7) is 0. The Balaban J connectivity index is 3.41. The third kappa shape index (κ3) is 3.46. The van der Waals surface area contributed by atoms with Crippen molar-refractivity contribution in [1.82, 2.24) is 4.98 Å². The number of pyridine rings is 1. The Labute approximate surface area is 119 Å². The Morgan fingerprint density at radius 2 is 2.15 bits per heavy atom. The highest BCUT2D eigenvalue weighted by Gasteiger charge is 2.39. The average molecular weight is 327 g/mol. The number of ether oxygens (including phenoxy) is 1. The molecule has 0 spiro atoms. The van der Waals surface area contributed by atoms with E-state index in [0.717, 1.165) is 7.11 Å². The zero-order valence-electron chi connectivity index (χ0n) is 9.80. The summed E-state index contributed by atoms with van der Waals surface area (Å²) >= 11 is 5.85. The second-order valence-electron chi connectivity index (χ2n) is 3.32. The number of nitriles is 1. The molecule has 0 radical (unpaired) electrons. The van der Waals surface area contributed by atoms with E-state index in [1.807, 2.05) is 4.98 Å². The Hall–Kier alpha value is -1.66. The van der Waals surface area contributed by atoms with Crippen molar-refractivity contribution in [2.75, 3.05) is 12.9 Å². The maximum Gasteiger partial charge on any atom is 0.419 e. The number of H-pyrrole nitrogens is 1. The van der Waals surface area contributed by atoms with E-state index in [1.165, 1.54) is 6.07 Å². The van der Waals surface area contributed by atoms with Crippen molar-refractivity contribution in [2.24, 2.45) is 0 Å². The molecule has 10 heteroatoms. The molecule has 108 valence electrons. The van der Waals surface area contributed by atoms with Crippen LogP contribution < -0.4 is 5.56 Å². The predicted octanol–water partition coefficient (Wildman–Crippen LogP) is 2.18. The monoisotopic (exact) mass is 326 g/mol. The topological polar surface area (TPSA) is 83.0 Å². The van der Waals surface area contributed by atoms with Gasteiger partial charge in [-0.25, -0.2) is 0 Å². The van der Waals surface area contributed by atoms with E-state index in [9.17, 15) is 22.8 Å². The molecule has 0 fully saturated rings. The van der Waals surface area contributed by atoms with Gasteiger partial charge in [-0.15, -0.1) is 0 Å². The quantitative estimate of drug-likeness (QED) is 0.680. The number of hydrogen-bond donors (Lipinski definition) is 1. The number of carbonyl (C=O) groups is 1. The van der Waals surface area contributed by atoms with Crippen molar-refractivity contribution in [3.05, 3.63) is 26.5 Å². The molecule has 0 aromatic carbocycles. The molecular weight excluding hydrogens is 321 g/mol. The first-order chi connectivity index (χ1) is 9.22. The fraction of sp³-hybridized carbons (Fsp3) is 0.300. The van der Waals surface area contributed by atoms with Gasteiger partial charge in [-0.3, -0.25) is 9.59 Å². The van der Waals surface area contributed by atoms with Gasteiger partial charge < -0.3 is 9.72 Å². The number of aromatic amines is 1. The van der Waals surface area contributed by atoms with Gasteiger partial charge in [0.15, 0.2) is 0 Å². The molecule has 0 aliphatic heterocycles. The summed E-state index contributed by atoms with van der Waals surface area (Å²) in [5.74, 6) is -1.08. The van der Waals surface area contributed by atoms with E-state index >= 15 is 0 Å². The maximum atomic E-state index is 12.8. The zero-order chi connectivity index (χ0) is 15.5. The fourth-order valence-electron chi connectivity index (χ4n) is 1.23. The van der Waals surface area contributed by atoms with E-state index in [1.54, 1.807) is 0 Å². The Morgan fingerprint density at radius 3 is 2.60 bits per heavy atom. The van der Waals surface area contributed by atoms with Crippen molar-refractivity contribution in [1.29, 1.82) is 5.26 Å². The van der Waals surface area contributed by atoms with Crippen LogP contribution in [-0.4, -0.2) is 23.8 Å². The Kier molecular flexibility index (Phi) is 5.08. The summed E-state index contributed by atoms with van der Waals surface area (Å²) in [6, 6.07) is 1.33. The minimum absolute atomic E-state index is 0.361. The molecule has 1 aromatic heterocycles. The van der Waals surface area contributed by atoms with Crippen LogP contribution in [0.5, 0.6) is 0 Å². The van der Waals surface area contributed by atoms with Crippen molar-refractivity contribution in [3.63, 3.8) is 0 Å². The minimum atomic E-state index is -4.96. The Morgan fingerprint density at radius 1 is 1.55 bits per heavy atom. The molecule has 1 N–H and O–H groups in total. The molecule has 0 bridgehead atoms. The SMILES string of the molecule is COC(=O)CSc1[nH]c(=O)c(Cl)c(C(F)(F)F)c1C#N. The highest BCUT2D eigenvalue weighted by molar-refractivity contribution is 7.99. The van der Waals surface area contributed by atoms with E-state index in [2.05, 4.69) is 4.74 Å². The Bertz CT molecular complexity index is 636. The number of rotatable bonds is 3. The lowest BCUT2D eigenvalue weighted by Gasteiger charge is -2.12. The van der Waals surface area contributed by atoms with Crippen LogP contribution in [0.1, 0.15) is 11.1 Å². The first-order valence-electron chi connectivity index (χ1n) is 4.85. The van der Waals surface area contributed by atoms with Crippen LogP contribution in [0.3, 0.4) is 0 Å². The van der Waals surface area contributed by atoms with Gasteiger partial charge in [0, 0.05) is 0 Å². The van der Waals surface area contributed by atoms with Gasteiger partial charge >= 0.3 is 12.1 Å². The molecule has 1 aromatic rings. The third-order valence-electron chi connectivity index (χ3n) is 2.08. The molecule has 0 aliphatic rings. The fourth-order valence-corrected chi connectivity index (χ4v) is 2.31. The number of nitrogens with one attached hydrogen (secondary N) is 1. The van der Waals surface area contributed by atoms with Gasteiger partial charge in [0.25, 0.3) is 5.56 Å². The van der Waals surface area contributed by atoms with Crippen LogP contribution in [-0.2, 0) is 15.7 Å². The van der Waals surface area contributed by atoms with E-state index in [-0.39, 0.29) is 10.8 Å². The summed E-state index contributed by atoms with van der Waals surface area (Å²) in [5.41, 5.74) is -3.54. The summed E-state index contributed by atoms with van der Waals surface area (Å²) < 4.78 is 42.8. The molecule has 1 heterocycles. The third-order valence-corrected chi connectivity index (χ3v) is 3.42. The van der Waals surface area contributed by atoms with Crippen LogP contribution in [0.25, 0.3) is 0 Å². The lowest BCUT2D eigenvalue weighted by molar-refractivity contribution is -0.138. The number of aromatic nitrogens is 1. The van der Waals surface area contributed by atoms with Gasteiger partial charge in [-0.2, -0.15) is 18.4 Å². The highest BCUT2D eigenvalue weighted by Crippen LogP contribution is 2.38. The smallest absolute Gasteiger partial charge is 0.419 e. The normalized spacial score (nSPS) is 11.0. The number of nitrogens with zero attached hydrogens (tertiary/aromatic N) is 1. The van der Waals surface area contributed by atoms with Crippen molar-refractivity contribution < 1.29 is 22.7 Å². The summed E-state index contributed by atoms with van der Waals surface area (Å²) in [4.78, 5) is 24.3. The number of esters is 1. The molecule has 0 atom stereocenters. The number of hydrogen-bond acceptors (Lipinski definition) is 5. The molecular formula is C10H6ClF3N2O3S. The highest BCUT2D eigenvalue weighted by atomic mass is 35.5. The van der Waals surface area contributed by atoms with E-state index in [4.69, 9.17) is 16.9 Å². The van der Waals surface area contributed by atoms with Crippen LogP contribution in [0.2, 0.25) is 5.02 Å². The number of carbonyl (C=O) groups excluding carboxylic acids is 1. The van der Waals surface area contributed by atoms with Gasteiger partial charge in [-0.1, -0.05) is 23.4 Å². The lowest BCUT2D eigenvalue weighted by Crippen LogP contribution is -2.19. The van der Waals surface area contributed by atoms with Crippen LogP contribution in [0, 0.1) is 11.3 Å². The second-order valence-corrected chi connectivity index (χ2v) is 4.69. The molecule has 0 unspecified atom stereocenters. The van der Waals surface area contributed by atoms with Crippen LogP contribution >= 0.6 is 23.4 Å². The van der Waals surface area contributed by atoms with Gasteiger partial charge in [0.2, 0.25) is 0 Å². The van der Waals surface area contributed by atoms with Gasteiger partial charge in [-0.05, 0) is 0 Å². The van der Waals surface area contributed by atoms with E-state index in [0.29, 0.717) is 11.8 Å². The summed E-state index contributed by atoms with van der Waals surface area (Å²) in [7, 11) is 1.10.